The first-order valence-corrected chi connectivity index (χ1v) is 7.67. The Morgan fingerprint density at radius 3 is 2.55 bits per heavy atom. The summed E-state index contributed by atoms with van der Waals surface area (Å²) in [6.07, 6.45) is -4.36. The Hall–Kier alpha value is -1.58. The predicted octanol–water partition coefficient (Wildman–Crippen LogP) is 2.21. The van der Waals surface area contributed by atoms with Crippen LogP contribution >= 0.6 is 0 Å². The molecule has 10 heteroatoms. The van der Waals surface area contributed by atoms with Crippen molar-refractivity contribution in [3.63, 3.8) is 0 Å². The molecule has 0 spiro atoms. The molecule has 2 heterocycles. The van der Waals surface area contributed by atoms with E-state index < -0.39 is 28.3 Å². The van der Waals surface area contributed by atoms with Gasteiger partial charge in [-0.2, -0.15) is 18.3 Å². The summed E-state index contributed by atoms with van der Waals surface area (Å²) in [4.78, 5) is 5.09. The van der Waals surface area contributed by atoms with Crippen molar-refractivity contribution in [3.05, 3.63) is 11.3 Å². The number of aryl methyl sites for hydroxylation is 1. The standard InChI is InChI=1S/C12H16F3N3O3S/c1-11(2)5-8(17-21-11)22(19)6-7-9(12(13,14)15)16-18(3)10(7)20-4/h5-6H2,1-4H3. The molecule has 1 aliphatic rings. The maximum absolute atomic E-state index is 13.0. The number of rotatable bonds is 3. The molecule has 0 bridgehead atoms. The summed E-state index contributed by atoms with van der Waals surface area (Å²) in [5, 5.41) is 7.35. The summed E-state index contributed by atoms with van der Waals surface area (Å²) in [5.41, 5.74) is -1.95. The van der Waals surface area contributed by atoms with Gasteiger partial charge in [0.25, 0.3) is 0 Å². The maximum Gasteiger partial charge on any atom is 0.435 e. The van der Waals surface area contributed by atoms with Crippen LogP contribution in [0.15, 0.2) is 5.16 Å². The minimum Gasteiger partial charge on any atom is -0.481 e. The number of halogens is 3. The smallest absolute Gasteiger partial charge is 0.435 e. The minimum absolute atomic E-state index is 0.0700. The molecule has 0 saturated carbocycles. The molecule has 0 aromatic carbocycles. The molecule has 2 rings (SSSR count). The van der Waals surface area contributed by atoms with Crippen molar-refractivity contribution in [1.29, 1.82) is 0 Å². The summed E-state index contributed by atoms with van der Waals surface area (Å²) >= 11 is 0. The van der Waals surface area contributed by atoms with Crippen LogP contribution in [-0.2, 0) is 34.6 Å². The van der Waals surface area contributed by atoms with E-state index in [1.807, 2.05) is 0 Å². The van der Waals surface area contributed by atoms with Gasteiger partial charge in [-0.1, -0.05) is 5.16 Å². The first kappa shape index (κ1) is 16.8. The second-order valence-corrected chi connectivity index (χ2v) is 6.91. The van der Waals surface area contributed by atoms with Gasteiger partial charge in [-0.3, -0.25) is 4.21 Å². The van der Waals surface area contributed by atoms with Gasteiger partial charge in [-0.25, -0.2) is 4.68 Å². The maximum atomic E-state index is 13.0. The van der Waals surface area contributed by atoms with Gasteiger partial charge in [0.1, 0.15) is 10.6 Å². The Bertz CT molecular complexity index is 638. The van der Waals surface area contributed by atoms with Crippen molar-refractivity contribution in [1.82, 2.24) is 9.78 Å². The van der Waals surface area contributed by atoms with E-state index in [-0.39, 0.29) is 22.2 Å². The van der Waals surface area contributed by atoms with Crippen LogP contribution in [0.1, 0.15) is 31.5 Å². The fraction of sp³-hybridized carbons (Fsp3) is 0.667. The van der Waals surface area contributed by atoms with Crippen molar-refractivity contribution in [2.24, 2.45) is 12.2 Å². The van der Waals surface area contributed by atoms with E-state index in [1.165, 1.54) is 14.2 Å². The van der Waals surface area contributed by atoms with Gasteiger partial charge in [0.05, 0.1) is 29.2 Å². The third-order valence-electron chi connectivity index (χ3n) is 3.06. The van der Waals surface area contributed by atoms with Crippen molar-refractivity contribution in [2.45, 2.75) is 37.8 Å². The van der Waals surface area contributed by atoms with Crippen LogP contribution in [0.2, 0.25) is 0 Å². The van der Waals surface area contributed by atoms with Gasteiger partial charge in [0.15, 0.2) is 5.69 Å². The van der Waals surface area contributed by atoms with E-state index in [4.69, 9.17) is 9.57 Å². The molecule has 22 heavy (non-hydrogen) atoms. The zero-order valence-electron chi connectivity index (χ0n) is 12.5. The van der Waals surface area contributed by atoms with Crippen molar-refractivity contribution >= 4 is 15.8 Å². The lowest BCUT2D eigenvalue weighted by atomic mass is 10.1. The number of hydrogen-bond donors (Lipinski definition) is 0. The van der Waals surface area contributed by atoms with E-state index in [2.05, 4.69) is 10.3 Å². The Morgan fingerprint density at radius 1 is 1.45 bits per heavy atom. The van der Waals surface area contributed by atoms with Gasteiger partial charge in [0.2, 0.25) is 5.88 Å². The molecule has 0 N–H and O–H groups in total. The zero-order valence-corrected chi connectivity index (χ0v) is 13.3. The van der Waals surface area contributed by atoms with E-state index in [9.17, 15) is 17.4 Å². The van der Waals surface area contributed by atoms with E-state index in [0.29, 0.717) is 6.42 Å². The average molecular weight is 339 g/mol. The number of nitrogens with zero attached hydrogens (tertiary/aromatic N) is 3. The summed E-state index contributed by atoms with van der Waals surface area (Å²) in [5.74, 6) is -0.455. The molecule has 1 aromatic rings. The third kappa shape index (κ3) is 3.26. The molecular formula is C12H16F3N3O3S. The Kier molecular flexibility index (Phi) is 4.24. The summed E-state index contributed by atoms with van der Waals surface area (Å²) in [6.45, 7) is 3.51. The molecule has 0 radical (unpaired) electrons. The number of ether oxygens (including phenoxy) is 1. The van der Waals surface area contributed by atoms with Crippen molar-refractivity contribution in [2.75, 3.05) is 7.11 Å². The van der Waals surface area contributed by atoms with Crippen LogP contribution in [0.3, 0.4) is 0 Å². The highest BCUT2D eigenvalue weighted by Crippen LogP contribution is 2.36. The Morgan fingerprint density at radius 2 is 2.09 bits per heavy atom. The highest BCUT2D eigenvalue weighted by atomic mass is 32.2. The molecule has 0 aliphatic carbocycles. The molecule has 0 saturated heterocycles. The third-order valence-corrected chi connectivity index (χ3v) is 4.35. The molecule has 1 aliphatic heterocycles. The van der Waals surface area contributed by atoms with Crippen LogP contribution in [0, 0.1) is 0 Å². The van der Waals surface area contributed by atoms with Gasteiger partial charge < -0.3 is 9.57 Å². The predicted molar refractivity (Wildman–Crippen MR) is 73.8 cm³/mol. The quantitative estimate of drug-likeness (QED) is 0.847. The lowest BCUT2D eigenvalue weighted by molar-refractivity contribution is -0.141. The van der Waals surface area contributed by atoms with Crippen LogP contribution in [0.4, 0.5) is 13.2 Å². The highest BCUT2D eigenvalue weighted by Gasteiger charge is 2.41. The number of hydrogen-bond acceptors (Lipinski definition) is 5. The number of methoxy groups -OCH3 is 1. The fourth-order valence-electron chi connectivity index (χ4n) is 2.11. The van der Waals surface area contributed by atoms with Crippen LogP contribution in [-0.4, -0.2) is 31.7 Å². The lowest BCUT2D eigenvalue weighted by Gasteiger charge is -2.13. The number of aromatic nitrogens is 2. The van der Waals surface area contributed by atoms with Crippen molar-refractivity contribution < 1.29 is 27.0 Å². The summed E-state index contributed by atoms with van der Waals surface area (Å²) < 4.78 is 57.4. The summed E-state index contributed by atoms with van der Waals surface area (Å²) in [7, 11) is 0.827. The van der Waals surface area contributed by atoms with E-state index in [1.54, 1.807) is 13.8 Å². The first-order chi connectivity index (χ1) is 10.0. The normalized spacial score (nSPS) is 18.8. The minimum atomic E-state index is -4.65. The second kappa shape index (κ2) is 5.56. The topological polar surface area (TPSA) is 65.7 Å². The molecule has 1 atom stereocenters. The second-order valence-electron chi connectivity index (χ2n) is 5.46. The van der Waals surface area contributed by atoms with Crippen LogP contribution < -0.4 is 4.74 Å². The number of oxime groups is 1. The molecule has 1 unspecified atom stereocenters. The highest BCUT2D eigenvalue weighted by molar-refractivity contribution is 7.99. The van der Waals surface area contributed by atoms with Gasteiger partial charge in [-0.05, 0) is 13.8 Å². The molecule has 6 nitrogen and oxygen atoms in total. The molecule has 124 valence electrons. The van der Waals surface area contributed by atoms with Crippen LogP contribution in [0.25, 0.3) is 0 Å². The van der Waals surface area contributed by atoms with Gasteiger partial charge in [0, 0.05) is 13.5 Å². The number of alkyl halides is 3. The average Bonchev–Trinajstić information content (AvgIpc) is 2.89. The molecule has 1 aromatic heterocycles. The fourth-order valence-corrected chi connectivity index (χ4v) is 3.42. The monoisotopic (exact) mass is 339 g/mol. The lowest BCUT2D eigenvalue weighted by Crippen LogP contribution is -2.21. The molecule has 0 amide bonds. The largest absolute Gasteiger partial charge is 0.481 e. The Labute approximate surface area is 127 Å². The molecule has 0 fully saturated rings. The van der Waals surface area contributed by atoms with E-state index >= 15 is 0 Å². The first-order valence-electron chi connectivity index (χ1n) is 6.35. The zero-order chi connectivity index (χ0) is 16.7. The summed E-state index contributed by atoms with van der Waals surface area (Å²) in [6, 6.07) is 0. The van der Waals surface area contributed by atoms with Crippen LogP contribution in [0.5, 0.6) is 5.88 Å². The Balaban J connectivity index is 2.31. The van der Waals surface area contributed by atoms with E-state index in [0.717, 1.165) is 4.68 Å². The molecular weight excluding hydrogens is 323 g/mol. The van der Waals surface area contributed by atoms with Gasteiger partial charge in [-0.15, -0.1) is 0 Å². The van der Waals surface area contributed by atoms with Crippen molar-refractivity contribution in [3.8, 4) is 5.88 Å². The van der Waals surface area contributed by atoms with Gasteiger partial charge >= 0.3 is 6.18 Å². The SMILES string of the molecule is COc1c(CS(=O)C2=NOC(C)(C)C2)c(C(F)(F)F)nn1C.